The molecule has 3 aromatic rings. The number of hydrogen-bond acceptors (Lipinski definition) is 6. The summed E-state index contributed by atoms with van der Waals surface area (Å²) in [5.41, 5.74) is 3.92. The van der Waals surface area contributed by atoms with Crippen molar-refractivity contribution in [3.63, 3.8) is 0 Å². The van der Waals surface area contributed by atoms with Gasteiger partial charge in [-0.05, 0) is 59.2 Å². The number of benzene rings is 1. The molecule has 0 atom stereocenters. The summed E-state index contributed by atoms with van der Waals surface area (Å²) in [6, 6.07) is 7.61. The lowest BCUT2D eigenvalue weighted by Crippen LogP contribution is -2.16. The van der Waals surface area contributed by atoms with Gasteiger partial charge in [0.1, 0.15) is 5.75 Å². The third-order valence-electron chi connectivity index (χ3n) is 4.97. The van der Waals surface area contributed by atoms with Crippen LogP contribution in [0.25, 0.3) is 11.1 Å². The van der Waals surface area contributed by atoms with E-state index in [-0.39, 0.29) is 16.9 Å². The molecule has 0 fully saturated rings. The van der Waals surface area contributed by atoms with Crippen molar-refractivity contribution >= 4 is 16.0 Å². The van der Waals surface area contributed by atoms with Crippen LogP contribution >= 0.6 is 0 Å². The zero-order chi connectivity index (χ0) is 23.5. The summed E-state index contributed by atoms with van der Waals surface area (Å²) in [5, 5.41) is 0. The Morgan fingerprint density at radius 2 is 1.81 bits per heavy atom. The van der Waals surface area contributed by atoms with Crippen molar-refractivity contribution in [2.45, 2.75) is 39.0 Å². The molecule has 9 heteroatoms. The summed E-state index contributed by atoms with van der Waals surface area (Å²) in [5.74, 6) is 0.832. The SMILES string of the molecule is COc1c(CCc2cnc(NS(C)(=O)=O)nc2)cc(-c2ccc[nH]c2=O)cc1C(C)(C)C. The molecule has 3 rings (SSSR count). The first-order chi connectivity index (χ1) is 15.0. The molecule has 0 spiro atoms. The first-order valence-corrected chi connectivity index (χ1v) is 12.1. The average Bonchev–Trinajstić information content (AvgIpc) is 2.71. The van der Waals surface area contributed by atoms with Gasteiger partial charge in [0.25, 0.3) is 5.56 Å². The van der Waals surface area contributed by atoms with Crippen LogP contribution in [0.5, 0.6) is 5.75 Å². The molecule has 2 heterocycles. The second-order valence-corrected chi connectivity index (χ2v) is 10.4. The minimum absolute atomic E-state index is 0.0362. The molecule has 0 radical (unpaired) electrons. The Morgan fingerprint density at radius 1 is 1.12 bits per heavy atom. The number of aromatic amines is 1. The number of hydrogen-bond donors (Lipinski definition) is 2. The van der Waals surface area contributed by atoms with Crippen LogP contribution in [0.3, 0.4) is 0 Å². The van der Waals surface area contributed by atoms with Crippen molar-refractivity contribution in [2.75, 3.05) is 18.1 Å². The quantitative estimate of drug-likeness (QED) is 0.564. The molecule has 2 N–H and O–H groups in total. The molecule has 8 nitrogen and oxygen atoms in total. The summed E-state index contributed by atoms with van der Waals surface area (Å²) in [6.45, 7) is 6.32. The Balaban J connectivity index is 1.97. The Kier molecular flexibility index (Phi) is 6.68. The first-order valence-electron chi connectivity index (χ1n) is 10.2. The standard InChI is InChI=1S/C23H28N4O4S/c1-23(2,3)19-12-17(18-7-6-10-24-21(18)28)11-16(20(19)31-4)9-8-15-13-25-22(26-14-15)27-32(5,29)30/h6-7,10-14H,8-9H2,1-5H3,(H,24,28)(H,25,26,27). The van der Waals surface area contributed by atoms with Crippen LogP contribution in [0.15, 0.2) is 47.7 Å². The molecule has 0 amide bonds. The van der Waals surface area contributed by atoms with E-state index in [1.165, 1.54) is 0 Å². The fraction of sp³-hybridized carbons (Fsp3) is 0.348. The van der Waals surface area contributed by atoms with Crippen molar-refractivity contribution in [1.29, 1.82) is 0 Å². The van der Waals surface area contributed by atoms with Crippen molar-refractivity contribution in [1.82, 2.24) is 15.0 Å². The third kappa shape index (κ3) is 5.73. The summed E-state index contributed by atoms with van der Waals surface area (Å²) >= 11 is 0. The Hall–Kier alpha value is -3.20. The third-order valence-corrected chi connectivity index (χ3v) is 5.53. The van der Waals surface area contributed by atoms with E-state index in [4.69, 9.17) is 4.74 Å². The minimum Gasteiger partial charge on any atom is -0.496 e. The van der Waals surface area contributed by atoms with E-state index in [9.17, 15) is 13.2 Å². The summed E-state index contributed by atoms with van der Waals surface area (Å²) < 4.78 is 30.7. The van der Waals surface area contributed by atoms with Crippen molar-refractivity contribution in [2.24, 2.45) is 0 Å². The van der Waals surface area contributed by atoms with Crippen LogP contribution < -0.4 is 15.0 Å². The molecule has 0 aliphatic heterocycles. The lowest BCUT2D eigenvalue weighted by Gasteiger charge is -2.25. The highest BCUT2D eigenvalue weighted by molar-refractivity contribution is 7.91. The molecule has 0 aliphatic rings. The lowest BCUT2D eigenvalue weighted by molar-refractivity contribution is 0.392. The van der Waals surface area contributed by atoms with Gasteiger partial charge in [-0.3, -0.25) is 9.52 Å². The molecule has 170 valence electrons. The van der Waals surface area contributed by atoms with Gasteiger partial charge in [0.2, 0.25) is 16.0 Å². The normalized spacial score (nSPS) is 11.9. The lowest BCUT2D eigenvalue weighted by atomic mass is 9.82. The van der Waals surface area contributed by atoms with Crippen LogP contribution in [-0.4, -0.2) is 36.7 Å². The Bertz CT molecular complexity index is 1260. The van der Waals surface area contributed by atoms with Gasteiger partial charge in [-0.25, -0.2) is 18.4 Å². The number of rotatable bonds is 7. The molecule has 0 aliphatic carbocycles. The predicted octanol–water partition coefficient (Wildman–Crippen LogP) is 3.29. The number of nitrogens with zero attached hydrogens (tertiary/aromatic N) is 2. The highest BCUT2D eigenvalue weighted by Gasteiger charge is 2.23. The number of H-pyrrole nitrogens is 1. The van der Waals surface area contributed by atoms with Gasteiger partial charge in [-0.2, -0.15) is 0 Å². The van der Waals surface area contributed by atoms with Crippen molar-refractivity contribution in [3.05, 3.63) is 69.9 Å². The smallest absolute Gasteiger partial charge is 0.255 e. The monoisotopic (exact) mass is 456 g/mol. The number of ether oxygens (including phenoxy) is 1. The zero-order valence-electron chi connectivity index (χ0n) is 18.9. The van der Waals surface area contributed by atoms with E-state index >= 15 is 0 Å². The van der Waals surface area contributed by atoms with Crippen LogP contribution in [0.1, 0.15) is 37.5 Å². The molecular formula is C23H28N4O4S. The summed E-state index contributed by atoms with van der Waals surface area (Å²) in [4.78, 5) is 23.3. The van der Waals surface area contributed by atoms with E-state index in [2.05, 4.69) is 40.4 Å². The maximum atomic E-state index is 12.4. The molecule has 0 saturated carbocycles. The van der Waals surface area contributed by atoms with Crippen LogP contribution in [0.4, 0.5) is 5.95 Å². The first kappa shape index (κ1) is 23.5. The molecule has 1 aromatic carbocycles. The molecule has 0 unspecified atom stereocenters. The van der Waals surface area contributed by atoms with E-state index in [0.717, 1.165) is 34.3 Å². The van der Waals surface area contributed by atoms with Crippen LogP contribution in [0.2, 0.25) is 0 Å². The topological polar surface area (TPSA) is 114 Å². The van der Waals surface area contributed by atoms with Gasteiger partial charge in [0.05, 0.1) is 13.4 Å². The number of methoxy groups -OCH3 is 1. The van der Waals surface area contributed by atoms with E-state index < -0.39 is 10.0 Å². The fourth-order valence-corrected chi connectivity index (χ4v) is 3.90. The van der Waals surface area contributed by atoms with Crippen LogP contribution in [-0.2, 0) is 28.3 Å². The Morgan fingerprint density at radius 3 is 2.38 bits per heavy atom. The van der Waals surface area contributed by atoms with Gasteiger partial charge in [0.15, 0.2) is 0 Å². The summed E-state index contributed by atoms with van der Waals surface area (Å²) in [6.07, 6.45) is 7.12. The van der Waals surface area contributed by atoms with Crippen molar-refractivity contribution in [3.8, 4) is 16.9 Å². The maximum Gasteiger partial charge on any atom is 0.255 e. The average molecular weight is 457 g/mol. The van der Waals surface area contributed by atoms with Gasteiger partial charge >= 0.3 is 0 Å². The molecular weight excluding hydrogens is 428 g/mol. The zero-order valence-corrected chi connectivity index (χ0v) is 19.7. The molecule has 0 bridgehead atoms. The van der Waals surface area contributed by atoms with E-state index in [0.29, 0.717) is 18.4 Å². The number of pyridine rings is 1. The number of aryl methyl sites for hydroxylation is 2. The van der Waals surface area contributed by atoms with Gasteiger partial charge < -0.3 is 9.72 Å². The highest BCUT2D eigenvalue weighted by atomic mass is 32.2. The largest absolute Gasteiger partial charge is 0.496 e. The minimum atomic E-state index is -3.43. The van der Waals surface area contributed by atoms with E-state index in [1.54, 1.807) is 37.8 Å². The van der Waals surface area contributed by atoms with Gasteiger partial charge in [0, 0.05) is 29.7 Å². The number of aromatic nitrogens is 3. The van der Waals surface area contributed by atoms with Crippen molar-refractivity contribution < 1.29 is 13.2 Å². The van der Waals surface area contributed by atoms with E-state index in [1.807, 2.05) is 12.1 Å². The second kappa shape index (κ2) is 9.12. The van der Waals surface area contributed by atoms with Gasteiger partial charge in [-0.15, -0.1) is 0 Å². The molecule has 2 aromatic heterocycles. The second-order valence-electron chi connectivity index (χ2n) is 8.67. The number of nitrogens with one attached hydrogen (secondary N) is 2. The maximum absolute atomic E-state index is 12.4. The number of anilines is 1. The molecule has 32 heavy (non-hydrogen) atoms. The van der Waals surface area contributed by atoms with Crippen LogP contribution in [0, 0.1) is 0 Å². The summed E-state index contributed by atoms with van der Waals surface area (Å²) in [7, 11) is -1.78. The number of sulfonamides is 1. The van der Waals surface area contributed by atoms with Gasteiger partial charge in [-0.1, -0.05) is 20.8 Å². The Labute approximate surface area is 188 Å². The predicted molar refractivity (Wildman–Crippen MR) is 126 cm³/mol. The molecule has 0 saturated heterocycles. The highest BCUT2D eigenvalue weighted by Crippen LogP contribution is 2.38. The fourth-order valence-electron chi connectivity index (χ4n) is 3.46.